The Morgan fingerprint density at radius 1 is 1.19 bits per heavy atom. The first-order valence-corrected chi connectivity index (χ1v) is 4.86. The van der Waals surface area contributed by atoms with E-state index < -0.39 is 5.43 Å². The van der Waals surface area contributed by atoms with Crippen LogP contribution in [-0.4, -0.2) is 14.5 Å². The van der Waals surface area contributed by atoms with Crippen molar-refractivity contribution in [2.45, 2.75) is 0 Å². The van der Waals surface area contributed by atoms with Gasteiger partial charge < -0.3 is 5.11 Å². The largest absolute Gasteiger partial charge is 0.504 e. The number of rotatable bonds is 0. The predicted octanol–water partition coefficient (Wildman–Crippen LogP) is 1.55. The molecule has 0 aliphatic carbocycles. The number of nitrogens with zero attached hydrogens (tertiary/aromatic N) is 2. The van der Waals surface area contributed by atoms with Crippen LogP contribution in [0.2, 0.25) is 0 Å². The highest BCUT2D eigenvalue weighted by molar-refractivity contribution is 5.80. The Morgan fingerprint density at radius 2 is 2.06 bits per heavy atom. The van der Waals surface area contributed by atoms with Gasteiger partial charge in [-0.3, -0.25) is 9.20 Å². The summed E-state index contributed by atoms with van der Waals surface area (Å²) in [4.78, 5) is 15.8. The standard InChI is InChI=1S/C12H8N2O2/c15-10-5-4-8-9(7-11(10)16)14-6-2-1-3-12(14)13-8/h1-7H,(H,15,16). The van der Waals surface area contributed by atoms with Crippen molar-refractivity contribution in [1.29, 1.82) is 0 Å². The van der Waals surface area contributed by atoms with Crippen LogP contribution in [0.3, 0.4) is 0 Å². The van der Waals surface area contributed by atoms with E-state index in [2.05, 4.69) is 4.98 Å². The summed E-state index contributed by atoms with van der Waals surface area (Å²) in [5.74, 6) is -0.261. The van der Waals surface area contributed by atoms with Crippen molar-refractivity contribution in [1.82, 2.24) is 9.38 Å². The average molecular weight is 212 g/mol. The maximum Gasteiger partial charge on any atom is 0.222 e. The zero-order valence-corrected chi connectivity index (χ0v) is 8.29. The molecule has 0 saturated carbocycles. The lowest BCUT2D eigenvalue weighted by Gasteiger charge is -1.90. The van der Waals surface area contributed by atoms with Crippen LogP contribution in [0.5, 0.6) is 5.75 Å². The third kappa shape index (κ3) is 1.16. The van der Waals surface area contributed by atoms with E-state index in [0.29, 0.717) is 11.0 Å². The molecule has 1 aromatic carbocycles. The Hall–Kier alpha value is -2.36. The summed E-state index contributed by atoms with van der Waals surface area (Å²) in [6.07, 6.45) is 1.83. The maximum absolute atomic E-state index is 11.5. The van der Waals surface area contributed by atoms with Gasteiger partial charge in [0.15, 0.2) is 5.75 Å². The quantitative estimate of drug-likeness (QED) is 0.615. The minimum absolute atomic E-state index is 0.261. The number of aromatic nitrogens is 2. The highest BCUT2D eigenvalue weighted by atomic mass is 16.3. The Balaban J connectivity index is 2.62. The van der Waals surface area contributed by atoms with E-state index in [-0.39, 0.29) is 5.75 Å². The lowest BCUT2D eigenvalue weighted by atomic mass is 10.4. The molecule has 0 saturated heterocycles. The molecule has 0 fully saturated rings. The minimum Gasteiger partial charge on any atom is -0.504 e. The lowest BCUT2D eigenvalue weighted by molar-refractivity contribution is 0.471. The summed E-state index contributed by atoms with van der Waals surface area (Å²) in [5.41, 5.74) is 1.76. The van der Waals surface area contributed by atoms with E-state index in [1.165, 1.54) is 12.1 Å². The molecule has 4 nitrogen and oxygen atoms in total. The molecule has 4 heteroatoms. The second-order valence-corrected chi connectivity index (χ2v) is 3.54. The first kappa shape index (κ1) is 8.91. The number of fused-ring (bicyclic) bond motifs is 3. The molecular formula is C12H8N2O2. The van der Waals surface area contributed by atoms with Crippen LogP contribution >= 0.6 is 0 Å². The van der Waals surface area contributed by atoms with Crippen molar-refractivity contribution >= 4 is 16.7 Å². The predicted molar refractivity (Wildman–Crippen MR) is 60.6 cm³/mol. The molecule has 1 N–H and O–H groups in total. The molecule has 16 heavy (non-hydrogen) atoms. The zero-order valence-electron chi connectivity index (χ0n) is 8.29. The van der Waals surface area contributed by atoms with Gasteiger partial charge in [-0.2, -0.15) is 0 Å². The number of hydrogen-bond acceptors (Lipinski definition) is 3. The highest BCUT2D eigenvalue weighted by Gasteiger charge is 2.03. The molecular weight excluding hydrogens is 204 g/mol. The molecule has 2 aromatic heterocycles. The molecule has 2 heterocycles. The van der Waals surface area contributed by atoms with Gasteiger partial charge in [-0.15, -0.1) is 0 Å². The Kier molecular flexibility index (Phi) is 1.71. The van der Waals surface area contributed by atoms with Gasteiger partial charge >= 0.3 is 0 Å². The van der Waals surface area contributed by atoms with Crippen LogP contribution in [0.15, 0.2) is 47.4 Å². The van der Waals surface area contributed by atoms with Gasteiger partial charge in [0.05, 0.1) is 11.0 Å². The molecule has 0 atom stereocenters. The molecule has 0 aliphatic rings. The van der Waals surface area contributed by atoms with Crippen molar-refractivity contribution in [3.63, 3.8) is 0 Å². The SMILES string of the molecule is O=c1cc2c(ccc1O)nc1ccccn12. The zero-order chi connectivity index (χ0) is 11.1. The van der Waals surface area contributed by atoms with Gasteiger partial charge in [-0.05, 0) is 24.3 Å². The first-order valence-electron chi connectivity index (χ1n) is 4.86. The third-order valence-electron chi connectivity index (χ3n) is 2.51. The summed E-state index contributed by atoms with van der Waals surface area (Å²) in [6.45, 7) is 0. The van der Waals surface area contributed by atoms with Gasteiger partial charge in [-0.1, -0.05) is 6.07 Å². The highest BCUT2D eigenvalue weighted by Crippen LogP contribution is 2.15. The van der Waals surface area contributed by atoms with Crippen LogP contribution in [0.4, 0.5) is 0 Å². The van der Waals surface area contributed by atoms with Crippen LogP contribution in [-0.2, 0) is 0 Å². The van der Waals surface area contributed by atoms with Crippen LogP contribution in [0, 0.1) is 0 Å². The summed E-state index contributed by atoms with van der Waals surface area (Å²) in [6, 6.07) is 10.0. The molecule has 0 amide bonds. The average Bonchev–Trinajstić information content (AvgIpc) is 2.58. The van der Waals surface area contributed by atoms with Gasteiger partial charge in [0, 0.05) is 12.3 Å². The van der Waals surface area contributed by atoms with E-state index in [9.17, 15) is 9.90 Å². The van der Waals surface area contributed by atoms with Crippen LogP contribution < -0.4 is 5.43 Å². The number of hydrogen-bond donors (Lipinski definition) is 1. The van der Waals surface area contributed by atoms with Crippen molar-refractivity contribution in [3.8, 4) is 5.75 Å². The fourth-order valence-electron chi connectivity index (χ4n) is 1.74. The van der Waals surface area contributed by atoms with Gasteiger partial charge in [0.25, 0.3) is 0 Å². The Labute approximate surface area is 90.4 Å². The van der Waals surface area contributed by atoms with Crippen LogP contribution in [0.25, 0.3) is 16.7 Å². The molecule has 0 radical (unpaired) electrons. The van der Waals surface area contributed by atoms with Gasteiger partial charge in [-0.25, -0.2) is 4.98 Å². The third-order valence-corrected chi connectivity index (χ3v) is 2.51. The molecule has 0 aliphatic heterocycles. The minimum atomic E-state index is -0.402. The number of pyridine rings is 1. The molecule has 0 unspecified atom stereocenters. The van der Waals surface area contributed by atoms with Gasteiger partial charge in [0.2, 0.25) is 5.43 Å². The molecule has 78 valence electrons. The molecule has 0 spiro atoms. The van der Waals surface area contributed by atoms with Crippen molar-refractivity contribution < 1.29 is 5.11 Å². The van der Waals surface area contributed by atoms with E-state index in [1.54, 1.807) is 6.07 Å². The monoisotopic (exact) mass is 212 g/mol. The summed E-state index contributed by atoms with van der Waals surface area (Å²) in [5, 5.41) is 9.33. The van der Waals surface area contributed by atoms with Crippen molar-refractivity contribution in [2.24, 2.45) is 0 Å². The Bertz CT molecular complexity index is 747. The number of aromatic hydroxyl groups is 1. The van der Waals surface area contributed by atoms with Crippen molar-refractivity contribution in [3.05, 3.63) is 52.8 Å². The first-order chi connectivity index (χ1) is 7.75. The van der Waals surface area contributed by atoms with E-state index >= 15 is 0 Å². The Morgan fingerprint density at radius 3 is 2.94 bits per heavy atom. The van der Waals surface area contributed by atoms with E-state index in [1.807, 2.05) is 28.8 Å². The lowest BCUT2D eigenvalue weighted by Crippen LogP contribution is -1.93. The smallest absolute Gasteiger partial charge is 0.222 e. The maximum atomic E-state index is 11.5. The van der Waals surface area contributed by atoms with Gasteiger partial charge in [0.1, 0.15) is 5.65 Å². The normalized spacial score (nSPS) is 11.0. The molecule has 3 rings (SSSR count). The van der Waals surface area contributed by atoms with E-state index in [4.69, 9.17) is 0 Å². The van der Waals surface area contributed by atoms with E-state index in [0.717, 1.165) is 5.65 Å². The second kappa shape index (κ2) is 3.06. The van der Waals surface area contributed by atoms with Crippen molar-refractivity contribution in [2.75, 3.05) is 0 Å². The topological polar surface area (TPSA) is 54.6 Å². The van der Waals surface area contributed by atoms with Crippen LogP contribution in [0.1, 0.15) is 0 Å². The summed E-state index contributed by atoms with van der Waals surface area (Å²) >= 11 is 0. The molecule has 3 aromatic rings. The number of imidazole rings is 1. The molecule has 0 bridgehead atoms. The second-order valence-electron chi connectivity index (χ2n) is 3.54. The summed E-state index contributed by atoms with van der Waals surface area (Å²) in [7, 11) is 0. The summed E-state index contributed by atoms with van der Waals surface area (Å²) < 4.78 is 1.82. The fourth-order valence-corrected chi connectivity index (χ4v) is 1.74. The fraction of sp³-hybridized carbons (Fsp3) is 0.